The van der Waals surface area contributed by atoms with Crippen molar-refractivity contribution in [3.63, 3.8) is 0 Å². The van der Waals surface area contributed by atoms with Crippen LogP contribution in [0.3, 0.4) is 0 Å². The fourth-order valence-corrected chi connectivity index (χ4v) is 3.16. The predicted molar refractivity (Wildman–Crippen MR) is 81.2 cm³/mol. The molecule has 0 amide bonds. The predicted octanol–water partition coefficient (Wildman–Crippen LogP) is 2.16. The number of nitrogens with zero attached hydrogens (tertiary/aromatic N) is 2. The first-order valence-corrected chi connectivity index (χ1v) is 7.39. The molecular formula is C16H26FN3. The lowest BCUT2D eigenvalue weighted by Crippen LogP contribution is -2.45. The standard InChI is InChI=1S/C16H26FN3/c1-12-4-5-13(17)10-15(12)16(11-18)20-8-6-14(7-9-20)19(2)3/h4-5,10,14,16H,6-9,11,18H2,1-3H3. The molecule has 0 aliphatic carbocycles. The number of likely N-dealkylation sites (tertiary alicyclic amines) is 1. The molecule has 4 heteroatoms. The van der Waals surface area contributed by atoms with Crippen molar-refractivity contribution in [1.29, 1.82) is 0 Å². The van der Waals surface area contributed by atoms with Crippen molar-refractivity contribution in [2.75, 3.05) is 33.7 Å². The van der Waals surface area contributed by atoms with Gasteiger partial charge in [-0.1, -0.05) is 6.07 Å². The minimum Gasteiger partial charge on any atom is -0.329 e. The molecule has 1 aromatic rings. The van der Waals surface area contributed by atoms with E-state index in [-0.39, 0.29) is 11.9 Å². The minimum atomic E-state index is -0.174. The molecule has 1 unspecified atom stereocenters. The lowest BCUT2D eigenvalue weighted by atomic mass is 9.96. The van der Waals surface area contributed by atoms with E-state index in [2.05, 4.69) is 23.9 Å². The fraction of sp³-hybridized carbons (Fsp3) is 0.625. The van der Waals surface area contributed by atoms with Crippen molar-refractivity contribution in [2.45, 2.75) is 31.8 Å². The SMILES string of the molecule is Cc1ccc(F)cc1C(CN)N1CCC(N(C)C)CC1. The number of aryl methyl sites for hydroxylation is 1. The molecule has 0 spiro atoms. The van der Waals surface area contributed by atoms with Crippen LogP contribution in [0.1, 0.15) is 30.0 Å². The zero-order chi connectivity index (χ0) is 14.7. The van der Waals surface area contributed by atoms with Crippen LogP contribution in [-0.2, 0) is 0 Å². The number of nitrogens with two attached hydrogens (primary N) is 1. The topological polar surface area (TPSA) is 32.5 Å². The van der Waals surface area contributed by atoms with Crippen LogP contribution in [0.2, 0.25) is 0 Å². The average Bonchev–Trinajstić information content (AvgIpc) is 2.44. The number of hydrogen-bond donors (Lipinski definition) is 1. The molecule has 112 valence electrons. The third-order valence-corrected chi connectivity index (χ3v) is 4.49. The number of halogens is 1. The van der Waals surface area contributed by atoms with Crippen LogP contribution in [-0.4, -0.2) is 49.6 Å². The van der Waals surface area contributed by atoms with Gasteiger partial charge in [0, 0.05) is 31.7 Å². The van der Waals surface area contributed by atoms with Crippen molar-refractivity contribution in [1.82, 2.24) is 9.80 Å². The van der Waals surface area contributed by atoms with Crippen LogP contribution in [0.5, 0.6) is 0 Å². The van der Waals surface area contributed by atoms with E-state index in [0.29, 0.717) is 12.6 Å². The Morgan fingerprint density at radius 3 is 2.55 bits per heavy atom. The Morgan fingerprint density at radius 1 is 1.35 bits per heavy atom. The third-order valence-electron chi connectivity index (χ3n) is 4.49. The quantitative estimate of drug-likeness (QED) is 0.917. The van der Waals surface area contributed by atoms with Gasteiger partial charge in [0.1, 0.15) is 5.82 Å². The fourth-order valence-electron chi connectivity index (χ4n) is 3.16. The highest BCUT2D eigenvalue weighted by molar-refractivity contribution is 5.30. The van der Waals surface area contributed by atoms with Crippen molar-refractivity contribution < 1.29 is 4.39 Å². The first-order valence-electron chi connectivity index (χ1n) is 7.39. The first kappa shape index (κ1) is 15.4. The van der Waals surface area contributed by atoms with E-state index < -0.39 is 0 Å². The summed E-state index contributed by atoms with van der Waals surface area (Å²) in [5.74, 6) is -0.174. The van der Waals surface area contributed by atoms with Crippen LogP contribution >= 0.6 is 0 Å². The Morgan fingerprint density at radius 2 is 2.00 bits per heavy atom. The summed E-state index contributed by atoms with van der Waals surface area (Å²) in [6.07, 6.45) is 2.30. The minimum absolute atomic E-state index is 0.133. The maximum atomic E-state index is 13.5. The van der Waals surface area contributed by atoms with Gasteiger partial charge in [0.05, 0.1) is 0 Å². The van der Waals surface area contributed by atoms with Crippen LogP contribution in [0.25, 0.3) is 0 Å². The second-order valence-corrected chi connectivity index (χ2v) is 5.98. The van der Waals surface area contributed by atoms with Gasteiger partial charge >= 0.3 is 0 Å². The highest BCUT2D eigenvalue weighted by Gasteiger charge is 2.27. The first-order chi connectivity index (χ1) is 9.52. The van der Waals surface area contributed by atoms with Crippen molar-refractivity contribution in [3.05, 3.63) is 35.1 Å². The van der Waals surface area contributed by atoms with Crippen molar-refractivity contribution >= 4 is 0 Å². The van der Waals surface area contributed by atoms with Gasteiger partial charge in [-0.05, 0) is 57.1 Å². The third kappa shape index (κ3) is 3.37. The van der Waals surface area contributed by atoms with Gasteiger partial charge < -0.3 is 10.6 Å². The molecule has 3 nitrogen and oxygen atoms in total. The normalized spacial score (nSPS) is 19.5. The number of hydrogen-bond acceptors (Lipinski definition) is 3. The van der Waals surface area contributed by atoms with Crippen LogP contribution in [0.15, 0.2) is 18.2 Å². The average molecular weight is 279 g/mol. The Labute approximate surface area is 121 Å². The molecule has 0 aromatic heterocycles. The van der Waals surface area contributed by atoms with Gasteiger partial charge in [-0.3, -0.25) is 4.90 Å². The molecule has 0 saturated carbocycles. The maximum absolute atomic E-state index is 13.5. The number of piperidine rings is 1. The van der Waals surface area contributed by atoms with E-state index in [1.807, 2.05) is 13.0 Å². The Bertz CT molecular complexity index is 439. The zero-order valence-corrected chi connectivity index (χ0v) is 12.8. The van der Waals surface area contributed by atoms with Gasteiger partial charge in [-0.25, -0.2) is 4.39 Å². The number of benzene rings is 1. The summed E-state index contributed by atoms with van der Waals surface area (Å²) in [4.78, 5) is 4.70. The van der Waals surface area contributed by atoms with Crippen molar-refractivity contribution in [2.24, 2.45) is 5.73 Å². The Kier molecular flexibility index (Phi) is 5.13. The number of rotatable bonds is 4. The van der Waals surface area contributed by atoms with Gasteiger partial charge in [-0.15, -0.1) is 0 Å². The lowest BCUT2D eigenvalue weighted by Gasteiger charge is -2.39. The Hall–Kier alpha value is -0.970. The molecule has 2 N–H and O–H groups in total. The molecule has 0 bridgehead atoms. The smallest absolute Gasteiger partial charge is 0.123 e. The van der Waals surface area contributed by atoms with Gasteiger partial charge in [-0.2, -0.15) is 0 Å². The largest absolute Gasteiger partial charge is 0.329 e. The van der Waals surface area contributed by atoms with Gasteiger partial charge in [0.25, 0.3) is 0 Å². The summed E-state index contributed by atoms with van der Waals surface area (Å²) in [6.45, 7) is 4.63. The van der Waals surface area contributed by atoms with Crippen LogP contribution in [0, 0.1) is 12.7 Å². The van der Waals surface area contributed by atoms with E-state index >= 15 is 0 Å². The van der Waals surface area contributed by atoms with Gasteiger partial charge in [0.2, 0.25) is 0 Å². The van der Waals surface area contributed by atoms with Gasteiger partial charge in [0.15, 0.2) is 0 Å². The second kappa shape index (κ2) is 6.66. The molecule has 20 heavy (non-hydrogen) atoms. The molecule has 1 aromatic carbocycles. The zero-order valence-electron chi connectivity index (χ0n) is 12.8. The molecule has 1 aliphatic heterocycles. The molecule has 1 saturated heterocycles. The molecule has 0 radical (unpaired) electrons. The van der Waals surface area contributed by atoms with Crippen molar-refractivity contribution in [3.8, 4) is 0 Å². The second-order valence-electron chi connectivity index (χ2n) is 5.98. The summed E-state index contributed by atoms with van der Waals surface area (Å²) in [5.41, 5.74) is 8.13. The summed E-state index contributed by atoms with van der Waals surface area (Å²) in [7, 11) is 4.27. The summed E-state index contributed by atoms with van der Waals surface area (Å²) in [6, 6.07) is 5.79. The van der Waals surface area contributed by atoms with E-state index in [9.17, 15) is 4.39 Å². The molecule has 1 fully saturated rings. The van der Waals surface area contributed by atoms with E-state index in [4.69, 9.17) is 5.73 Å². The highest BCUT2D eigenvalue weighted by Crippen LogP contribution is 2.27. The van der Waals surface area contributed by atoms with E-state index in [1.165, 1.54) is 6.07 Å². The molecular weight excluding hydrogens is 253 g/mol. The molecule has 1 atom stereocenters. The molecule has 1 heterocycles. The van der Waals surface area contributed by atoms with E-state index in [1.54, 1.807) is 6.07 Å². The molecule has 1 aliphatic rings. The van der Waals surface area contributed by atoms with E-state index in [0.717, 1.165) is 37.1 Å². The summed E-state index contributed by atoms with van der Waals surface area (Å²) >= 11 is 0. The van der Waals surface area contributed by atoms with Crippen LogP contribution in [0.4, 0.5) is 4.39 Å². The highest BCUT2D eigenvalue weighted by atomic mass is 19.1. The lowest BCUT2D eigenvalue weighted by molar-refractivity contribution is 0.110. The Balaban J connectivity index is 2.11. The molecule has 2 rings (SSSR count). The monoisotopic (exact) mass is 279 g/mol. The van der Waals surface area contributed by atoms with Crippen LogP contribution < -0.4 is 5.73 Å². The maximum Gasteiger partial charge on any atom is 0.123 e. The summed E-state index contributed by atoms with van der Waals surface area (Å²) in [5, 5.41) is 0. The summed E-state index contributed by atoms with van der Waals surface area (Å²) < 4.78 is 13.5.